The van der Waals surface area contributed by atoms with Crippen LogP contribution in [0.5, 0.6) is 0 Å². The molecule has 0 bridgehead atoms. The number of nitrogens with zero attached hydrogens (tertiary/aromatic N) is 2. The number of amides is 1. The first kappa shape index (κ1) is 11.5. The Balaban J connectivity index is 2.38. The summed E-state index contributed by atoms with van der Waals surface area (Å²) in [7, 11) is 0. The number of aliphatic hydroxyl groups excluding tert-OH is 1. The third-order valence-electron chi connectivity index (χ3n) is 2.39. The van der Waals surface area contributed by atoms with Crippen molar-refractivity contribution in [2.24, 2.45) is 0 Å². The Bertz CT molecular complexity index is 537. The molecule has 0 fully saturated rings. The zero-order valence-electron chi connectivity index (χ0n) is 9.42. The molecule has 2 N–H and O–H groups in total. The van der Waals surface area contributed by atoms with Gasteiger partial charge in [-0.15, -0.1) is 0 Å². The molecule has 2 aromatic rings. The number of fused-ring (bicyclic) bond motifs is 1. The highest BCUT2D eigenvalue weighted by molar-refractivity contribution is 6.04. The molecule has 0 aliphatic heterocycles. The number of rotatable bonds is 3. The van der Waals surface area contributed by atoms with E-state index in [1.807, 2.05) is 0 Å². The van der Waals surface area contributed by atoms with E-state index in [0.29, 0.717) is 16.6 Å². The fourth-order valence-electron chi connectivity index (χ4n) is 1.52. The van der Waals surface area contributed by atoms with E-state index in [2.05, 4.69) is 15.3 Å². The highest BCUT2D eigenvalue weighted by atomic mass is 16.3. The van der Waals surface area contributed by atoms with Crippen LogP contribution in [-0.2, 0) is 0 Å². The van der Waals surface area contributed by atoms with Gasteiger partial charge in [0.15, 0.2) is 0 Å². The number of aliphatic hydroxyl groups is 1. The van der Waals surface area contributed by atoms with Gasteiger partial charge >= 0.3 is 0 Å². The van der Waals surface area contributed by atoms with Crippen molar-refractivity contribution in [2.45, 2.75) is 13.0 Å². The van der Waals surface area contributed by atoms with Crippen LogP contribution < -0.4 is 5.32 Å². The Morgan fingerprint density at radius 3 is 2.94 bits per heavy atom. The van der Waals surface area contributed by atoms with E-state index >= 15 is 0 Å². The van der Waals surface area contributed by atoms with Gasteiger partial charge in [0, 0.05) is 18.4 Å². The standard InChI is InChI=1S/C12H13N3O2/c1-8(7-16)15-12(17)9-3-2-4-10-11(9)14-6-5-13-10/h2-6,8,16H,7H2,1H3,(H,15,17)/t8-/m0/s1. The number of benzene rings is 1. The van der Waals surface area contributed by atoms with Crippen molar-refractivity contribution in [1.82, 2.24) is 15.3 Å². The maximum atomic E-state index is 11.9. The predicted octanol–water partition coefficient (Wildman–Crippen LogP) is 0.740. The zero-order chi connectivity index (χ0) is 12.3. The van der Waals surface area contributed by atoms with Crippen molar-refractivity contribution < 1.29 is 9.90 Å². The number of para-hydroxylation sites is 1. The molecule has 0 radical (unpaired) electrons. The first-order chi connectivity index (χ1) is 8.22. The maximum Gasteiger partial charge on any atom is 0.253 e. The number of aromatic nitrogens is 2. The molecule has 0 saturated carbocycles. The first-order valence-corrected chi connectivity index (χ1v) is 5.34. The number of carbonyl (C=O) groups is 1. The van der Waals surface area contributed by atoms with Crippen LogP contribution in [0.15, 0.2) is 30.6 Å². The second-order valence-electron chi connectivity index (χ2n) is 3.79. The van der Waals surface area contributed by atoms with E-state index < -0.39 is 0 Å². The molecule has 0 spiro atoms. The summed E-state index contributed by atoms with van der Waals surface area (Å²) < 4.78 is 0. The van der Waals surface area contributed by atoms with Gasteiger partial charge in [0.2, 0.25) is 0 Å². The second kappa shape index (κ2) is 4.88. The lowest BCUT2D eigenvalue weighted by Gasteiger charge is -2.11. The lowest BCUT2D eigenvalue weighted by Crippen LogP contribution is -2.35. The van der Waals surface area contributed by atoms with Gasteiger partial charge in [-0.25, -0.2) is 0 Å². The van der Waals surface area contributed by atoms with E-state index in [-0.39, 0.29) is 18.6 Å². The van der Waals surface area contributed by atoms with Gasteiger partial charge in [0.25, 0.3) is 5.91 Å². The van der Waals surface area contributed by atoms with Gasteiger partial charge in [-0.05, 0) is 19.1 Å². The SMILES string of the molecule is C[C@@H](CO)NC(=O)c1cccc2nccnc12. The van der Waals surface area contributed by atoms with Crippen molar-refractivity contribution in [2.75, 3.05) is 6.61 Å². The minimum absolute atomic E-state index is 0.0951. The normalized spacial score (nSPS) is 12.4. The van der Waals surface area contributed by atoms with Crippen molar-refractivity contribution in [3.8, 4) is 0 Å². The van der Waals surface area contributed by atoms with E-state index in [1.165, 1.54) is 0 Å². The summed E-state index contributed by atoms with van der Waals surface area (Å²) in [4.78, 5) is 20.2. The van der Waals surface area contributed by atoms with Crippen LogP contribution in [0, 0.1) is 0 Å². The quantitative estimate of drug-likeness (QED) is 0.817. The molecule has 1 heterocycles. The molecule has 0 saturated heterocycles. The fourth-order valence-corrected chi connectivity index (χ4v) is 1.52. The molecule has 0 unspecified atom stereocenters. The monoisotopic (exact) mass is 231 g/mol. The van der Waals surface area contributed by atoms with Gasteiger partial charge in [0.1, 0.15) is 5.52 Å². The third-order valence-corrected chi connectivity index (χ3v) is 2.39. The average Bonchev–Trinajstić information content (AvgIpc) is 2.37. The second-order valence-corrected chi connectivity index (χ2v) is 3.79. The topological polar surface area (TPSA) is 75.1 Å². The molecule has 88 valence electrons. The molecular formula is C12H13N3O2. The molecule has 1 aromatic carbocycles. The predicted molar refractivity (Wildman–Crippen MR) is 63.6 cm³/mol. The average molecular weight is 231 g/mol. The third kappa shape index (κ3) is 2.39. The van der Waals surface area contributed by atoms with Crippen LogP contribution in [0.4, 0.5) is 0 Å². The molecule has 1 aromatic heterocycles. The van der Waals surface area contributed by atoms with Crippen molar-refractivity contribution in [3.63, 3.8) is 0 Å². The molecule has 0 aliphatic carbocycles. The first-order valence-electron chi connectivity index (χ1n) is 5.34. The fraction of sp³-hybridized carbons (Fsp3) is 0.250. The van der Waals surface area contributed by atoms with E-state index in [0.717, 1.165) is 0 Å². The molecule has 5 heteroatoms. The summed E-state index contributed by atoms with van der Waals surface area (Å²) in [5, 5.41) is 11.6. The lowest BCUT2D eigenvalue weighted by molar-refractivity contribution is 0.0924. The lowest BCUT2D eigenvalue weighted by atomic mass is 10.1. The Kier molecular flexibility index (Phi) is 3.30. The Morgan fingerprint density at radius 1 is 1.41 bits per heavy atom. The van der Waals surface area contributed by atoms with Gasteiger partial charge in [0.05, 0.1) is 17.7 Å². The summed E-state index contributed by atoms with van der Waals surface area (Å²) in [6.45, 7) is 1.64. The van der Waals surface area contributed by atoms with Crippen molar-refractivity contribution in [3.05, 3.63) is 36.2 Å². The van der Waals surface area contributed by atoms with Crippen molar-refractivity contribution in [1.29, 1.82) is 0 Å². The van der Waals surface area contributed by atoms with Crippen LogP contribution >= 0.6 is 0 Å². The highest BCUT2D eigenvalue weighted by Crippen LogP contribution is 2.13. The smallest absolute Gasteiger partial charge is 0.253 e. The number of carbonyl (C=O) groups excluding carboxylic acids is 1. The highest BCUT2D eigenvalue weighted by Gasteiger charge is 2.13. The zero-order valence-corrected chi connectivity index (χ0v) is 9.42. The van der Waals surface area contributed by atoms with Gasteiger partial charge in [-0.2, -0.15) is 0 Å². The minimum Gasteiger partial charge on any atom is -0.394 e. The van der Waals surface area contributed by atoms with E-state index in [4.69, 9.17) is 5.11 Å². The summed E-state index contributed by atoms with van der Waals surface area (Å²) in [5.41, 5.74) is 1.71. The molecule has 0 aliphatic rings. The molecule has 5 nitrogen and oxygen atoms in total. The van der Waals surface area contributed by atoms with E-state index in [9.17, 15) is 4.79 Å². The largest absolute Gasteiger partial charge is 0.394 e. The molecule has 2 rings (SSSR count). The van der Waals surface area contributed by atoms with E-state index in [1.54, 1.807) is 37.5 Å². The Morgan fingerprint density at radius 2 is 2.18 bits per heavy atom. The Hall–Kier alpha value is -2.01. The molecular weight excluding hydrogens is 218 g/mol. The number of hydrogen-bond donors (Lipinski definition) is 2. The summed E-state index contributed by atoms with van der Waals surface area (Å²) in [6, 6.07) is 4.97. The van der Waals surface area contributed by atoms with Crippen LogP contribution in [-0.4, -0.2) is 33.6 Å². The number of hydrogen-bond acceptors (Lipinski definition) is 4. The summed E-state index contributed by atoms with van der Waals surface area (Å²) >= 11 is 0. The molecule has 1 amide bonds. The van der Waals surface area contributed by atoms with Gasteiger partial charge in [-0.3, -0.25) is 14.8 Å². The number of nitrogens with one attached hydrogen (secondary N) is 1. The molecule has 1 atom stereocenters. The van der Waals surface area contributed by atoms with Crippen LogP contribution in [0.2, 0.25) is 0 Å². The maximum absolute atomic E-state index is 11.9. The Labute approximate surface area is 98.5 Å². The summed E-state index contributed by atoms with van der Waals surface area (Å²) in [6.07, 6.45) is 3.13. The summed E-state index contributed by atoms with van der Waals surface area (Å²) in [5.74, 6) is -0.252. The van der Waals surface area contributed by atoms with Crippen molar-refractivity contribution >= 4 is 16.9 Å². The van der Waals surface area contributed by atoms with Gasteiger partial charge < -0.3 is 10.4 Å². The van der Waals surface area contributed by atoms with Crippen LogP contribution in [0.25, 0.3) is 11.0 Å². The van der Waals surface area contributed by atoms with Gasteiger partial charge in [-0.1, -0.05) is 6.07 Å². The van der Waals surface area contributed by atoms with Crippen LogP contribution in [0.1, 0.15) is 17.3 Å². The molecule has 17 heavy (non-hydrogen) atoms. The minimum atomic E-state index is -0.283. The van der Waals surface area contributed by atoms with Crippen LogP contribution in [0.3, 0.4) is 0 Å².